The standard InChI is InChI=1S/C31H27N9/c1-3-7-28-34-29-20(2)16-23(26-19-39-15-6-14-32-31(39)33-26)17-27(29)40(28)18-21-10-12-22(13-11-21)24-8-4-5-9-25(24)30-35-37-38-36-30/h4-6,8-17,19H,3,7,18H2,1-2H3,(H,35,36,37,38). The minimum atomic E-state index is 0.585. The lowest BCUT2D eigenvalue weighted by Gasteiger charge is -2.12. The van der Waals surface area contributed by atoms with Gasteiger partial charge in [-0.2, -0.15) is 5.21 Å². The fourth-order valence-electron chi connectivity index (χ4n) is 5.33. The van der Waals surface area contributed by atoms with Crippen molar-refractivity contribution in [3.63, 3.8) is 0 Å². The number of aryl methyl sites for hydroxylation is 2. The molecule has 4 aromatic heterocycles. The Morgan fingerprint density at radius 1 is 0.900 bits per heavy atom. The van der Waals surface area contributed by atoms with Gasteiger partial charge in [0.2, 0.25) is 11.6 Å². The average molecular weight is 526 g/mol. The molecule has 7 aromatic rings. The number of aromatic amines is 1. The second kappa shape index (κ2) is 9.85. The SMILES string of the molecule is CCCc1nc2c(C)cc(-c3cn4cccnc4n3)cc2n1Cc1ccc(-c2ccccc2-c2nn[nH]n2)cc1. The van der Waals surface area contributed by atoms with Gasteiger partial charge in [-0.1, -0.05) is 55.5 Å². The predicted octanol–water partition coefficient (Wildman–Crippen LogP) is 5.90. The first-order valence-electron chi connectivity index (χ1n) is 13.4. The van der Waals surface area contributed by atoms with Crippen LogP contribution in [0.4, 0.5) is 0 Å². The molecule has 4 heterocycles. The molecular formula is C31H27N9. The van der Waals surface area contributed by atoms with Crippen molar-refractivity contribution in [1.82, 2.24) is 44.5 Å². The zero-order chi connectivity index (χ0) is 27.1. The highest BCUT2D eigenvalue weighted by atomic mass is 15.5. The summed E-state index contributed by atoms with van der Waals surface area (Å²) in [7, 11) is 0. The van der Waals surface area contributed by atoms with Crippen LogP contribution < -0.4 is 0 Å². The van der Waals surface area contributed by atoms with Crippen LogP contribution in [0.1, 0.15) is 30.3 Å². The van der Waals surface area contributed by atoms with Gasteiger partial charge in [-0.3, -0.25) is 4.40 Å². The Balaban J connectivity index is 1.27. The number of nitrogens with one attached hydrogen (secondary N) is 1. The van der Waals surface area contributed by atoms with E-state index < -0.39 is 0 Å². The second-order valence-corrected chi connectivity index (χ2v) is 9.96. The molecule has 196 valence electrons. The van der Waals surface area contributed by atoms with Crippen LogP contribution in [0.15, 0.2) is 85.3 Å². The van der Waals surface area contributed by atoms with Gasteiger partial charge in [0.15, 0.2) is 0 Å². The van der Waals surface area contributed by atoms with E-state index in [0.29, 0.717) is 11.6 Å². The monoisotopic (exact) mass is 525 g/mol. The van der Waals surface area contributed by atoms with E-state index in [1.165, 1.54) is 5.56 Å². The molecule has 0 radical (unpaired) electrons. The first-order chi connectivity index (χ1) is 19.7. The predicted molar refractivity (Wildman–Crippen MR) is 155 cm³/mol. The molecule has 0 aliphatic rings. The third-order valence-electron chi connectivity index (χ3n) is 7.25. The lowest BCUT2D eigenvalue weighted by atomic mass is 9.98. The van der Waals surface area contributed by atoms with E-state index >= 15 is 0 Å². The van der Waals surface area contributed by atoms with Crippen molar-refractivity contribution >= 4 is 16.8 Å². The molecule has 0 saturated carbocycles. The van der Waals surface area contributed by atoms with Crippen molar-refractivity contribution in [1.29, 1.82) is 0 Å². The van der Waals surface area contributed by atoms with E-state index in [0.717, 1.165) is 69.8 Å². The second-order valence-electron chi connectivity index (χ2n) is 9.96. The molecule has 0 aliphatic heterocycles. The third-order valence-corrected chi connectivity index (χ3v) is 7.25. The Morgan fingerprint density at radius 3 is 2.52 bits per heavy atom. The highest BCUT2D eigenvalue weighted by Crippen LogP contribution is 2.31. The largest absolute Gasteiger partial charge is 0.323 e. The Labute approximate surface area is 230 Å². The van der Waals surface area contributed by atoms with Gasteiger partial charge in [0.25, 0.3) is 0 Å². The summed E-state index contributed by atoms with van der Waals surface area (Å²) in [5, 5.41) is 14.6. The summed E-state index contributed by atoms with van der Waals surface area (Å²) < 4.78 is 4.30. The molecular weight excluding hydrogens is 498 g/mol. The Kier molecular flexibility index (Phi) is 5.88. The van der Waals surface area contributed by atoms with Gasteiger partial charge < -0.3 is 4.57 Å². The minimum absolute atomic E-state index is 0.585. The summed E-state index contributed by atoms with van der Waals surface area (Å²) in [5.74, 6) is 2.37. The van der Waals surface area contributed by atoms with Crippen LogP contribution in [0.3, 0.4) is 0 Å². The summed E-state index contributed by atoms with van der Waals surface area (Å²) in [4.78, 5) is 14.2. The summed E-state index contributed by atoms with van der Waals surface area (Å²) in [6, 6.07) is 23.1. The number of nitrogens with zero attached hydrogens (tertiary/aromatic N) is 8. The van der Waals surface area contributed by atoms with Crippen molar-refractivity contribution in [2.24, 2.45) is 0 Å². The van der Waals surface area contributed by atoms with Gasteiger partial charge in [-0.15, -0.1) is 10.2 Å². The smallest absolute Gasteiger partial charge is 0.234 e. The van der Waals surface area contributed by atoms with Crippen LogP contribution in [0.5, 0.6) is 0 Å². The highest BCUT2D eigenvalue weighted by Gasteiger charge is 2.16. The average Bonchev–Trinajstić information content (AvgIpc) is 3.74. The molecule has 0 unspecified atom stereocenters. The van der Waals surface area contributed by atoms with E-state index in [4.69, 9.17) is 9.97 Å². The molecule has 9 nitrogen and oxygen atoms in total. The summed E-state index contributed by atoms with van der Waals surface area (Å²) >= 11 is 0. The molecule has 3 aromatic carbocycles. The maximum absolute atomic E-state index is 5.08. The van der Waals surface area contributed by atoms with Crippen LogP contribution in [0.2, 0.25) is 0 Å². The van der Waals surface area contributed by atoms with Crippen molar-refractivity contribution < 1.29 is 0 Å². The van der Waals surface area contributed by atoms with Crippen LogP contribution in [-0.2, 0) is 13.0 Å². The van der Waals surface area contributed by atoms with Crippen molar-refractivity contribution in [3.8, 4) is 33.8 Å². The number of fused-ring (bicyclic) bond motifs is 2. The highest BCUT2D eigenvalue weighted by molar-refractivity contribution is 5.85. The van der Waals surface area contributed by atoms with Crippen LogP contribution >= 0.6 is 0 Å². The van der Waals surface area contributed by atoms with E-state index in [1.807, 2.05) is 41.1 Å². The fourth-order valence-corrected chi connectivity index (χ4v) is 5.33. The molecule has 40 heavy (non-hydrogen) atoms. The number of imidazole rings is 2. The Hall–Kier alpha value is -5.18. The molecule has 0 aliphatic carbocycles. The van der Waals surface area contributed by atoms with Crippen molar-refractivity contribution in [3.05, 3.63) is 102 Å². The van der Waals surface area contributed by atoms with Gasteiger partial charge in [0.1, 0.15) is 5.82 Å². The van der Waals surface area contributed by atoms with E-state index in [-0.39, 0.29) is 0 Å². The van der Waals surface area contributed by atoms with Gasteiger partial charge in [-0.05, 0) is 59.0 Å². The Bertz CT molecular complexity index is 1910. The van der Waals surface area contributed by atoms with Crippen LogP contribution in [0, 0.1) is 6.92 Å². The van der Waals surface area contributed by atoms with Gasteiger partial charge in [0, 0.05) is 42.7 Å². The molecule has 9 heteroatoms. The molecule has 0 saturated heterocycles. The summed E-state index contributed by atoms with van der Waals surface area (Å²) in [6.45, 7) is 5.05. The number of H-pyrrole nitrogens is 1. The van der Waals surface area contributed by atoms with Crippen LogP contribution in [0.25, 0.3) is 50.6 Å². The normalized spacial score (nSPS) is 11.6. The molecule has 0 fully saturated rings. The summed E-state index contributed by atoms with van der Waals surface area (Å²) in [5.41, 5.74) is 9.59. The number of rotatable bonds is 7. The molecule has 7 rings (SSSR count). The first kappa shape index (κ1) is 23.9. The lowest BCUT2D eigenvalue weighted by Crippen LogP contribution is -2.05. The van der Waals surface area contributed by atoms with Crippen molar-refractivity contribution in [2.45, 2.75) is 33.2 Å². The topological polar surface area (TPSA) is 102 Å². The van der Waals surface area contributed by atoms with E-state index in [2.05, 4.69) is 86.5 Å². The maximum atomic E-state index is 5.08. The fraction of sp³-hybridized carbons (Fsp3) is 0.161. The number of tetrazole rings is 1. The molecule has 1 N–H and O–H groups in total. The van der Waals surface area contributed by atoms with Gasteiger partial charge in [0.05, 0.1) is 16.7 Å². The molecule has 0 spiro atoms. The summed E-state index contributed by atoms with van der Waals surface area (Å²) in [6.07, 6.45) is 7.71. The number of hydrogen-bond donors (Lipinski definition) is 1. The van der Waals surface area contributed by atoms with Crippen molar-refractivity contribution in [2.75, 3.05) is 0 Å². The quantitative estimate of drug-likeness (QED) is 0.278. The van der Waals surface area contributed by atoms with E-state index in [9.17, 15) is 0 Å². The zero-order valence-electron chi connectivity index (χ0n) is 22.3. The minimum Gasteiger partial charge on any atom is -0.323 e. The Morgan fingerprint density at radius 2 is 1.75 bits per heavy atom. The van der Waals surface area contributed by atoms with Gasteiger partial charge >= 0.3 is 0 Å². The molecule has 0 bridgehead atoms. The van der Waals surface area contributed by atoms with Gasteiger partial charge in [-0.25, -0.2) is 15.0 Å². The maximum Gasteiger partial charge on any atom is 0.234 e. The zero-order valence-corrected chi connectivity index (χ0v) is 22.3. The van der Waals surface area contributed by atoms with E-state index in [1.54, 1.807) is 6.20 Å². The molecule has 0 amide bonds. The lowest BCUT2D eigenvalue weighted by molar-refractivity contribution is 0.722. The van der Waals surface area contributed by atoms with Crippen LogP contribution in [-0.4, -0.2) is 44.5 Å². The first-order valence-corrected chi connectivity index (χ1v) is 13.4. The number of benzene rings is 3. The number of aromatic nitrogens is 9. The molecule has 0 atom stereocenters. The third kappa shape index (κ3) is 4.21. The number of hydrogen-bond acceptors (Lipinski definition) is 6.